The predicted octanol–water partition coefficient (Wildman–Crippen LogP) is 2.36. The summed E-state index contributed by atoms with van der Waals surface area (Å²) in [6.45, 7) is 0. The summed E-state index contributed by atoms with van der Waals surface area (Å²) in [6, 6.07) is 9.83. The molecule has 1 aromatic heterocycles. The molecule has 2 aromatic rings. The maximum absolute atomic E-state index is 9.95. The third kappa shape index (κ3) is 2.99. The molecule has 0 amide bonds. The Kier molecular flexibility index (Phi) is 3.84. The Morgan fingerprint density at radius 3 is 2.56 bits per heavy atom. The quantitative estimate of drug-likeness (QED) is 0.881. The van der Waals surface area contributed by atoms with Gasteiger partial charge in [0.1, 0.15) is 12.4 Å². The Balaban J connectivity index is 2.08. The number of hydrogen-bond acceptors (Lipinski definition) is 3. The van der Waals surface area contributed by atoms with Crippen LogP contribution < -0.4 is 0 Å². The smallest absolute Gasteiger partial charge is 0.115 e. The number of hydrogen-bond donors (Lipinski definition) is 1. The van der Waals surface area contributed by atoms with Gasteiger partial charge in [0.15, 0.2) is 0 Å². The molecule has 0 radical (unpaired) electrons. The van der Waals surface area contributed by atoms with E-state index < -0.39 is 6.10 Å². The predicted molar refractivity (Wildman–Crippen MR) is 69.9 cm³/mol. The number of rotatable bonds is 3. The van der Waals surface area contributed by atoms with Gasteiger partial charge in [0, 0.05) is 16.2 Å². The molecular weight excluding hydrogens is 315 g/mol. The summed E-state index contributed by atoms with van der Waals surface area (Å²) >= 11 is 2.26. The van der Waals surface area contributed by atoms with Crippen LogP contribution in [0, 0.1) is 3.57 Å². The van der Waals surface area contributed by atoms with E-state index in [4.69, 9.17) is 0 Å². The van der Waals surface area contributed by atoms with Crippen LogP contribution in [-0.4, -0.2) is 15.1 Å². The molecule has 16 heavy (non-hydrogen) atoms. The number of benzene rings is 1. The summed E-state index contributed by atoms with van der Waals surface area (Å²) in [4.78, 5) is 7.85. The van der Waals surface area contributed by atoms with Gasteiger partial charge in [-0.05, 0) is 46.4 Å². The van der Waals surface area contributed by atoms with E-state index in [0.717, 1.165) is 5.56 Å². The van der Waals surface area contributed by atoms with Crippen molar-refractivity contribution in [1.82, 2.24) is 9.97 Å². The first-order valence-corrected chi connectivity index (χ1v) is 6.02. The lowest BCUT2D eigenvalue weighted by Gasteiger charge is -2.09. The van der Waals surface area contributed by atoms with Crippen molar-refractivity contribution in [1.29, 1.82) is 0 Å². The van der Waals surface area contributed by atoms with Crippen LogP contribution >= 0.6 is 22.6 Å². The summed E-state index contributed by atoms with van der Waals surface area (Å²) in [5.41, 5.74) is 1.76. The standard InChI is InChI=1S/C12H11IN2O/c13-10-3-1-9(2-4-10)7-12(16)11-5-6-14-8-15-11/h1-6,8,12,16H,7H2. The van der Waals surface area contributed by atoms with Gasteiger partial charge in [-0.25, -0.2) is 9.97 Å². The molecular formula is C12H11IN2O. The Morgan fingerprint density at radius 2 is 1.94 bits per heavy atom. The molecule has 1 N–H and O–H groups in total. The number of aliphatic hydroxyl groups excluding tert-OH is 1. The van der Waals surface area contributed by atoms with Crippen LogP contribution in [0.15, 0.2) is 42.9 Å². The summed E-state index contributed by atoms with van der Waals surface area (Å²) in [6.07, 6.45) is 3.10. The van der Waals surface area contributed by atoms with E-state index in [-0.39, 0.29) is 0 Å². The molecule has 2 rings (SSSR count). The van der Waals surface area contributed by atoms with E-state index in [1.807, 2.05) is 24.3 Å². The SMILES string of the molecule is OC(Cc1ccc(I)cc1)c1ccncn1. The van der Waals surface area contributed by atoms with Gasteiger partial charge in [-0.15, -0.1) is 0 Å². The molecule has 1 aromatic carbocycles. The van der Waals surface area contributed by atoms with Gasteiger partial charge in [0.2, 0.25) is 0 Å². The van der Waals surface area contributed by atoms with Crippen LogP contribution in [0.1, 0.15) is 17.4 Å². The molecule has 0 aliphatic carbocycles. The minimum atomic E-state index is -0.567. The fourth-order valence-electron chi connectivity index (χ4n) is 1.45. The van der Waals surface area contributed by atoms with Gasteiger partial charge in [-0.1, -0.05) is 12.1 Å². The number of aromatic nitrogens is 2. The number of nitrogens with zero attached hydrogens (tertiary/aromatic N) is 2. The van der Waals surface area contributed by atoms with Gasteiger partial charge in [0.05, 0.1) is 5.69 Å². The molecule has 0 spiro atoms. The van der Waals surface area contributed by atoms with Crippen molar-refractivity contribution >= 4 is 22.6 Å². The van der Waals surface area contributed by atoms with Crippen molar-refractivity contribution in [2.45, 2.75) is 12.5 Å². The Bertz CT molecular complexity index is 444. The second-order valence-corrected chi connectivity index (χ2v) is 4.73. The molecule has 0 aliphatic rings. The number of halogens is 1. The van der Waals surface area contributed by atoms with Crippen LogP contribution in [-0.2, 0) is 6.42 Å². The first-order valence-electron chi connectivity index (χ1n) is 4.94. The van der Waals surface area contributed by atoms with Crippen molar-refractivity contribution in [3.8, 4) is 0 Å². The Labute approximate surface area is 108 Å². The minimum Gasteiger partial charge on any atom is -0.386 e. The third-order valence-corrected chi connectivity index (χ3v) is 3.01. The largest absolute Gasteiger partial charge is 0.386 e. The first kappa shape index (κ1) is 11.5. The average Bonchev–Trinajstić information content (AvgIpc) is 2.33. The van der Waals surface area contributed by atoms with E-state index in [0.29, 0.717) is 12.1 Å². The van der Waals surface area contributed by atoms with E-state index in [2.05, 4.69) is 32.6 Å². The normalized spacial score (nSPS) is 12.4. The molecule has 1 unspecified atom stereocenters. The van der Waals surface area contributed by atoms with E-state index in [9.17, 15) is 5.11 Å². The summed E-state index contributed by atoms with van der Waals surface area (Å²) in [7, 11) is 0. The van der Waals surface area contributed by atoms with Gasteiger partial charge in [-0.3, -0.25) is 0 Å². The lowest BCUT2D eigenvalue weighted by molar-refractivity contribution is 0.173. The topological polar surface area (TPSA) is 46.0 Å². The molecule has 1 heterocycles. The second kappa shape index (κ2) is 5.36. The molecule has 0 fully saturated rings. The van der Waals surface area contributed by atoms with Crippen molar-refractivity contribution in [3.05, 3.63) is 57.7 Å². The van der Waals surface area contributed by atoms with Crippen LogP contribution in [0.5, 0.6) is 0 Å². The first-order chi connectivity index (χ1) is 7.75. The highest BCUT2D eigenvalue weighted by Gasteiger charge is 2.09. The fraction of sp³-hybridized carbons (Fsp3) is 0.167. The summed E-state index contributed by atoms with van der Waals surface area (Å²) < 4.78 is 1.19. The van der Waals surface area contributed by atoms with Gasteiger partial charge < -0.3 is 5.11 Å². The van der Waals surface area contributed by atoms with Gasteiger partial charge in [0.25, 0.3) is 0 Å². The molecule has 4 heteroatoms. The third-order valence-electron chi connectivity index (χ3n) is 2.29. The molecule has 3 nitrogen and oxygen atoms in total. The lowest BCUT2D eigenvalue weighted by Crippen LogP contribution is -2.04. The van der Waals surface area contributed by atoms with Crippen molar-refractivity contribution in [2.24, 2.45) is 0 Å². The van der Waals surface area contributed by atoms with Crippen molar-refractivity contribution < 1.29 is 5.11 Å². The highest BCUT2D eigenvalue weighted by molar-refractivity contribution is 14.1. The zero-order chi connectivity index (χ0) is 11.4. The van der Waals surface area contributed by atoms with Crippen LogP contribution in [0.3, 0.4) is 0 Å². The van der Waals surface area contributed by atoms with Gasteiger partial charge in [-0.2, -0.15) is 0 Å². The van der Waals surface area contributed by atoms with Crippen LogP contribution in [0.4, 0.5) is 0 Å². The zero-order valence-electron chi connectivity index (χ0n) is 8.55. The molecule has 82 valence electrons. The number of aliphatic hydroxyl groups is 1. The Hall–Kier alpha value is -1.01. The average molecular weight is 326 g/mol. The zero-order valence-corrected chi connectivity index (χ0v) is 10.7. The van der Waals surface area contributed by atoms with E-state index in [1.54, 1.807) is 12.3 Å². The maximum atomic E-state index is 9.95. The molecule has 0 saturated carbocycles. The second-order valence-electron chi connectivity index (χ2n) is 3.48. The lowest BCUT2D eigenvalue weighted by atomic mass is 10.1. The molecule has 1 atom stereocenters. The maximum Gasteiger partial charge on any atom is 0.115 e. The van der Waals surface area contributed by atoms with Crippen LogP contribution in [0.25, 0.3) is 0 Å². The van der Waals surface area contributed by atoms with E-state index in [1.165, 1.54) is 9.90 Å². The van der Waals surface area contributed by atoms with Gasteiger partial charge >= 0.3 is 0 Å². The van der Waals surface area contributed by atoms with E-state index >= 15 is 0 Å². The van der Waals surface area contributed by atoms with Crippen LogP contribution in [0.2, 0.25) is 0 Å². The minimum absolute atomic E-state index is 0.567. The highest BCUT2D eigenvalue weighted by Crippen LogP contribution is 2.16. The summed E-state index contributed by atoms with van der Waals surface area (Å²) in [5.74, 6) is 0. The summed E-state index contributed by atoms with van der Waals surface area (Å²) in [5, 5.41) is 9.95. The Morgan fingerprint density at radius 1 is 1.19 bits per heavy atom. The highest BCUT2D eigenvalue weighted by atomic mass is 127. The van der Waals surface area contributed by atoms with Crippen molar-refractivity contribution in [2.75, 3.05) is 0 Å². The fourth-order valence-corrected chi connectivity index (χ4v) is 1.81. The monoisotopic (exact) mass is 326 g/mol. The molecule has 0 aliphatic heterocycles. The molecule has 0 saturated heterocycles. The molecule has 0 bridgehead atoms. The van der Waals surface area contributed by atoms with Crippen molar-refractivity contribution in [3.63, 3.8) is 0 Å².